The Hall–Kier alpha value is -1.63. The highest BCUT2D eigenvalue weighted by molar-refractivity contribution is 9.10. The van der Waals surface area contributed by atoms with Gasteiger partial charge in [0, 0.05) is 23.6 Å². The third-order valence-electron chi connectivity index (χ3n) is 3.32. The highest BCUT2D eigenvalue weighted by Crippen LogP contribution is 2.28. The lowest BCUT2D eigenvalue weighted by molar-refractivity contribution is -0.384. The Balaban J connectivity index is 2.12. The first-order chi connectivity index (χ1) is 9.49. The molecule has 1 saturated heterocycles. The van der Waals surface area contributed by atoms with Gasteiger partial charge in [-0.15, -0.1) is 0 Å². The van der Waals surface area contributed by atoms with Crippen molar-refractivity contribution in [3.63, 3.8) is 0 Å². The summed E-state index contributed by atoms with van der Waals surface area (Å²) < 4.78 is 0.633. The monoisotopic (exact) mass is 341 g/mol. The molecule has 1 fully saturated rings. The number of anilines is 1. The van der Waals surface area contributed by atoms with Crippen LogP contribution in [0.15, 0.2) is 22.7 Å². The molecule has 0 aromatic heterocycles. The molecule has 20 heavy (non-hydrogen) atoms. The zero-order valence-electron chi connectivity index (χ0n) is 11.1. The molecule has 0 aliphatic carbocycles. The lowest BCUT2D eigenvalue weighted by Gasteiger charge is -2.21. The van der Waals surface area contributed by atoms with E-state index in [0.717, 1.165) is 25.9 Å². The summed E-state index contributed by atoms with van der Waals surface area (Å²) in [4.78, 5) is 24.5. The summed E-state index contributed by atoms with van der Waals surface area (Å²) >= 11 is 3.21. The van der Waals surface area contributed by atoms with Crippen LogP contribution in [0, 0.1) is 10.1 Å². The summed E-state index contributed by atoms with van der Waals surface area (Å²) in [6, 6.07) is 4.27. The molecule has 1 aromatic carbocycles. The number of halogens is 1. The van der Waals surface area contributed by atoms with E-state index < -0.39 is 11.0 Å². The number of nitro benzene ring substituents is 1. The smallest absolute Gasteiger partial charge is 0.293 e. The van der Waals surface area contributed by atoms with Crippen molar-refractivity contribution in [3.8, 4) is 0 Å². The maximum Gasteiger partial charge on any atom is 0.293 e. The van der Waals surface area contributed by atoms with Crippen LogP contribution in [0.4, 0.5) is 11.4 Å². The zero-order chi connectivity index (χ0) is 14.7. The number of rotatable bonds is 4. The summed E-state index contributed by atoms with van der Waals surface area (Å²) in [7, 11) is 0. The van der Waals surface area contributed by atoms with Crippen molar-refractivity contribution in [2.24, 2.45) is 0 Å². The molecular formula is C13H16BrN3O3. The number of hydrogen-bond donors (Lipinski definition) is 1. The minimum Gasteiger partial charge on any atom is -0.368 e. The third-order valence-corrected chi connectivity index (χ3v) is 3.81. The summed E-state index contributed by atoms with van der Waals surface area (Å²) in [5.41, 5.74) is 0.318. The number of likely N-dealkylation sites (tertiary alicyclic amines) is 1. The van der Waals surface area contributed by atoms with E-state index in [0.29, 0.717) is 10.2 Å². The molecule has 2 rings (SSSR count). The number of nitrogens with one attached hydrogen (secondary N) is 1. The number of hydrogen-bond acceptors (Lipinski definition) is 4. The summed E-state index contributed by atoms with van der Waals surface area (Å²) in [6.45, 7) is 3.27. The fraction of sp³-hybridized carbons (Fsp3) is 0.462. The Kier molecular flexibility index (Phi) is 4.59. The van der Waals surface area contributed by atoms with E-state index in [2.05, 4.69) is 21.2 Å². The van der Waals surface area contributed by atoms with Gasteiger partial charge in [-0.3, -0.25) is 14.9 Å². The molecule has 1 aliphatic heterocycles. The normalized spacial score (nSPS) is 16.0. The van der Waals surface area contributed by atoms with Crippen LogP contribution < -0.4 is 5.32 Å². The van der Waals surface area contributed by atoms with Gasteiger partial charge in [0.1, 0.15) is 11.7 Å². The average Bonchev–Trinajstić information content (AvgIpc) is 2.93. The van der Waals surface area contributed by atoms with Crippen molar-refractivity contribution in [2.45, 2.75) is 25.8 Å². The van der Waals surface area contributed by atoms with E-state index in [9.17, 15) is 14.9 Å². The largest absolute Gasteiger partial charge is 0.368 e. The molecule has 1 aromatic rings. The van der Waals surface area contributed by atoms with E-state index in [1.807, 2.05) is 0 Å². The number of carbonyl (C=O) groups is 1. The van der Waals surface area contributed by atoms with Gasteiger partial charge in [0.05, 0.1) is 4.92 Å². The average molecular weight is 342 g/mol. The van der Waals surface area contributed by atoms with E-state index in [4.69, 9.17) is 0 Å². The first-order valence-electron chi connectivity index (χ1n) is 6.48. The van der Waals surface area contributed by atoms with Crippen LogP contribution in [-0.4, -0.2) is 34.9 Å². The maximum absolute atomic E-state index is 12.2. The Labute approximate surface area is 125 Å². The lowest BCUT2D eigenvalue weighted by Crippen LogP contribution is -2.39. The van der Waals surface area contributed by atoms with Crippen LogP contribution in [0.5, 0.6) is 0 Å². The predicted octanol–water partition coefficient (Wildman–Crippen LogP) is 2.78. The number of amides is 1. The van der Waals surface area contributed by atoms with Crippen molar-refractivity contribution in [1.82, 2.24) is 4.90 Å². The SMILES string of the molecule is CC(Nc1ccc(Br)cc1[N+](=O)[O-])C(=O)N1CCCC1. The molecular weight excluding hydrogens is 326 g/mol. The maximum atomic E-state index is 12.2. The van der Waals surface area contributed by atoms with Crippen molar-refractivity contribution >= 4 is 33.2 Å². The standard InChI is InChI=1S/C13H16BrN3O3/c1-9(13(18)16-6-2-3-7-16)15-11-5-4-10(14)8-12(11)17(19)20/h4-5,8-9,15H,2-3,6-7H2,1H3. The fourth-order valence-electron chi connectivity index (χ4n) is 2.28. The Morgan fingerprint density at radius 1 is 1.45 bits per heavy atom. The van der Waals surface area contributed by atoms with Crippen molar-refractivity contribution in [1.29, 1.82) is 0 Å². The molecule has 1 amide bonds. The quantitative estimate of drug-likeness (QED) is 0.674. The number of nitrogens with zero attached hydrogens (tertiary/aromatic N) is 2. The molecule has 7 heteroatoms. The molecule has 0 radical (unpaired) electrons. The third kappa shape index (κ3) is 3.27. The highest BCUT2D eigenvalue weighted by Gasteiger charge is 2.25. The predicted molar refractivity (Wildman–Crippen MR) is 79.7 cm³/mol. The zero-order valence-corrected chi connectivity index (χ0v) is 12.7. The molecule has 1 unspecified atom stereocenters. The van der Waals surface area contributed by atoms with Gasteiger partial charge in [-0.2, -0.15) is 0 Å². The highest BCUT2D eigenvalue weighted by atomic mass is 79.9. The minimum absolute atomic E-state index is 0.0142. The van der Waals surface area contributed by atoms with Crippen LogP contribution in [0.1, 0.15) is 19.8 Å². The molecule has 0 saturated carbocycles. The first-order valence-corrected chi connectivity index (χ1v) is 7.27. The van der Waals surface area contributed by atoms with Crippen LogP contribution in [-0.2, 0) is 4.79 Å². The summed E-state index contributed by atoms with van der Waals surface area (Å²) in [5, 5.41) is 14.0. The van der Waals surface area contributed by atoms with Gasteiger partial charge >= 0.3 is 0 Å². The van der Waals surface area contributed by atoms with Gasteiger partial charge in [-0.05, 0) is 31.9 Å². The number of nitro groups is 1. The second kappa shape index (κ2) is 6.21. The van der Waals surface area contributed by atoms with Crippen molar-refractivity contribution < 1.29 is 9.72 Å². The fourth-order valence-corrected chi connectivity index (χ4v) is 2.63. The van der Waals surface area contributed by atoms with E-state index >= 15 is 0 Å². The minimum atomic E-state index is -0.479. The van der Waals surface area contributed by atoms with Gasteiger partial charge in [-0.1, -0.05) is 15.9 Å². The molecule has 0 spiro atoms. The van der Waals surface area contributed by atoms with Crippen LogP contribution >= 0.6 is 15.9 Å². The van der Waals surface area contributed by atoms with E-state index in [-0.39, 0.29) is 11.6 Å². The van der Waals surface area contributed by atoms with Crippen molar-refractivity contribution in [2.75, 3.05) is 18.4 Å². The molecule has 108 valence electrons. The topological polar surface area (TPSA) is 75.5 Å². The van der Waals surface area contributed by atoms with Crippen LogP contribution in [0.3, 0.4) is 0 Å². The van der Waals surface area contributed by atoms with Gasteiger partial charge in [-0.25, -0.2) is 0 Å². The van der Waals surface area contributed by atoms with Crippen molar-refractivity contribution in [3.05, 3.63) is 32.8 Å². The van der Waals surface area contributed by atoms with Crippen LogP contribution in [0.25, 0.3) is 0 Å². The molecule has 1 N–H and O–H groups in total. The summed E-state index contributed by atoms with van der Waals surface area (Å²) in [5.74, 6) is -0.0142. The Morgan fingerprint density at radius 2 is 2.10 bits per heavy atom. The molecule has 6 nitrogen and oxygen atoms in total. The lowest BCUT2D eigenvalue weighted by atomic mass is 10.2. The number of benzene rings is 1. The second-order valence-corrected chi connectivity index (χ2v) is 5.73. The number of carbonyl (C=O) groups excluding carboxylic acids is 1. The molecule has 1 heterocycles. The van der Waals surface area contributed by atoms with Crippen LogP contribution in [0.2, 0.25) is 0 Å². The van der Waals surface area contributed by atoms with E-state index in [1.54, 1.807) is 24.0 Å². The molecule has 1 atom stereocenters. The van der Waals surface area contributed by atoms with E-state index in [1.165, 1.54) is 6.07 Å². The molecule has 1 aliphatic rings. The first kappa shape index (κ1) is 14.8. The second-order valence-electron chi connectivity index (χ2n) is 4.82. The van der Waals surface area contributed by atoms with Gasteiger partial charge in [0.2, 0.25) is 5.91 Å². The van der Waals surface area contributed by atoms with Gasteiger partial charge < -0.3 is 10.2 Å². The Morgan fingerprint density at radius 3 is 2.70 bits per heavy atom. The van der Waals surface area contributed by atoms with Gasteiger partial charge in [0.25, 0.3) is 5.69 Å². The molecule has 0 bridgehead atoms. The Bertz CT molecular complexity index is 530. The van der Waals surface area contributed by atoms with Gasteiger partial charge in [0.15, 0.2) is 0 Å². The summed E-state index contributed by atoms with van der Waals surface area (Å²) in [6.07, 6.45) is 2.05.